The van der Waals surface area contributed by atoms with Gasteiger partial charge < -0.3 is 0 Å². The summed E-state index contributed by atoms with van der Waals surface area (Å²) < 4.78 is 2.87. The number of rotatable bonds is 3. The highest BCUT2D eigenvalue weighted by Gasteiger charge is 2.07. The van der Waals surface area contributed by atoms with Crippen LogP contribution in [0.5, 0.6) is 0 Å². The molecule has 22 heavy (non-hydrogen) atoms. The van der Waals surface area contributed by atoms with E-state index in [2.05, 4.69) is 48.5 Å². The van der Waals surface area contributed by atoms with Crippen LogP contribution < -0.4 is 4.80 Å². The predicted octanol–water partition coefficient (Wildman–Crippen LogP) is 3.79. The Bertz CT molecular complexity index is 865. The summed E-state index contributed by atoms with van der Waals surface area (Å²) in [6.07, 6.45) is 3.49. The van der Waals surface area contributed by atoms with Crippen LogP contribution in [0.2, 0.25) is 0 Å². The number of aromatic nitrogens is 2. The first-order valence-corrected chi connectivity index (χ1v) is 8.30. The van der Waals surface area contributed by atoms with Gasteiger partial charge in [-0.2, -0.15) is 5.10 Å². The fourth-order valence-corrected chi connectivity index (χ4v) is 3.18. The normalized spacial score (nSPS) is 12.2. The molecule has 3 aromatic rings. The van der Waals surface area contributed by atoms with E-state index in [1.54, 1.807) is 30.8 Å². The van der Waals surface area contributed by atoms with Crippen LogP contribution in [0.1, 0.15) is 5.69 Å². The fourth-order valence-electron chi connectivity index (χ4n) is 1.98. The molecule has 0 aliphatic carbocycles. The van der Waals surface area contributed by atoms with Gasteiger partial charge in [0.1, 0.15) is 0 Å². The molecule has 3 rings (SSSR count). The average Bonchev–Trinajstić information content (AvgIpc) is 2.97. The van der Waals surface area contributed by atoms with Crippen LogP contribution in [0.15, 0.2) is 68.6 Å². The lowest BCUT2D eigenvalue weighted by Gasteiger charge is -2.03. The number of thiazole rings is 1. The van der Waals surface area contributed by atoms with Crippen molar-refractivity contribution in [1.29, 1.82) is 0 Å². The second-order valence-corrected chi connectivity index (χ2v) is 6.20. The molecule has 0 saturated heterocycles. The van der Waals surface area contributed by atoms with Gasteiger partial charge in [-0.1, -0.05) is 34.1 Å². The molecule has 110 valence electrons. The maximum Gasteiger partial charge on any atom is 0.205 e. The Hall–Kier alpha value is -2.05. The van der Waals surface area contributed by atoms with Crippen molar-refractivity contribution in [3.05, 3.63) is 69.0 Å². The zero-order chi connectivity index (χ0) is 15.4. The van der Waals surface area contributed by atoms with Crippen molar-refractivity contribution in [2.45, 2.75) is 0 Å². The molecule has 0 unspecified atom stereocenters. The first-order chi connectivity index (χ1) is 10.8. The molecule has 4 nitrogen and oxygen atoms in total. The molecule has 6 heteroatoms. The third-order valence-electron chi connectivity index (χ3n) is 2.99. The molecule has 0 bridgehead atoms. The van der Waals surface area contributed by atoms with Gasteiger partial charge in [0.2, 0.25) is 4.80 Å². The molecular weight excluding hydrogens is 360 g/mol. The molecule has 2 aromatic heterocycles. The van der Waals surface area contributed by atoms with Gasteiger partial charge in [0, 0.05) is 28.7 Å². The van der Waals surface area contributed by atoms with Gasteiger partial charge >= 0.3 is 0 Å². The highest BCUT2D eigenvalue weighted by molar-refractivity contribution is 9.10. The second-order valence-electron chi connectivity index (χ2n) is 4.45. The Kier molecular flexibility index (Phi) is 4.60. The van der Waals surface area contributed by atoms with E-state index in [4.69, 9.17) is 0 Å². The molecule has 1 aromatic carbocycles. The van der Waals surface area contributed by atoms with Crippen LogP contribution in [0.4, 0.5) is 0 Å². The highest BCUT2D eigenvalue weighted by atomic mass is 79.9. The summed E-state index contributed by atoms with van der Waals surface area (Å²) in [6.45, 7) is 0. The molecular formula is C16H13BrN4S. The Morgan fingerprint density at radius 2 is 2.14 bits per heavy atom. The Balaban J connectivity index is 2.07. The van der Waals surface area contributed by atoms with Gasteiger partial charge in [-0.25, -0.2) is 4.68 Å². The number of hydrogen-bond donors (Lipinski definition) is 0. The summed E-state index contributed by atoms with van der Waals surface area (Å²) in [5, 5.41) is 6.60. The molecule has 0 radical (unpaired) electrons. The summed E-state index contributed by atoms with van der Waals surface area (Å²) >= 11 is 5.06. The predicted molar refractivity (Wildman–Crippen MR) is 94.2 cm³/mol. The number of hydrogen-bond acceptors (Lipinski definition) is 4. The topological polar surface area (TPSA) is 42.5 Å². The largest absolute Gasteiger partial charge is 0.261 e. The van der Waals surface area contributed by atoms with E-state index >= 15 is 0 Å². The van der Waals surface area contributed by atoms with Gasteiger partial charge in [-0.05, 0) is 24.3 Å². The lowest BCUT2D eigenvalue weighted by Crippen LogP contribution is -2.11. The first kappa shape index (κ1) is 14.9. The van der Waals surface area contributed by atoms with Gasteiger partial charge in [-0.15, -0.1) is 11.3 Å². The molecule has 2 heterocycles. The van der Waals surface area contributed by atoms with Crippen LogP contribution in [-0.2, 0) is 0 Å². The van der Waals surface area contributed by atoms with E-state index in [1.807, 2.05) is 35.0 Å². The van der Waals surface area contributed by atoms with Crippen LogP contribution >= 0.6 is 27.3 Å². The Morgan fingerprint density at radius 1 is 1.23 bits per heavy atom. The van der Waals surface area contributed by atoms with Gasteiger partial charge in [0.05, 0.1) is 17.6 Å². The minimum atomic E-state index is 0.809. The van der Waals surface area contributed by atoms with Crippen molar-refractivity contribution in [3.63, 3.8) is 0 Å². The minimum Gasteiger partial charge on any atom is -0.261 e. The van der Waals surface area contributed by atoms with Crippen molar-refractivity contribution in [2.75, 3.05) is 7.05 Å². The van der Waals surface area contributed by atoms with Crippen molar-refractivity contribution in [1.82, 2.24) is 9.66 Å². The molecule has 0 aliphatic rings. The van der Waals surface area contributed by atoms with Crippen LogP contribution in [-0.4, -0.2) is 22.9 Å². The molecule has 0 fully saturated rings. The average molecular weight is 373 g/mol. The molecule has 0 saturated carbocycles. The number of nitrogens with zero attached hydrogens (tertiary/aromatic N) is 4. The number of halogens is 1. The standard InChI is InChI=1S/C16H13BrN4S/c1-18-16-21(20-10-14-7-2-3-8-19-14)15(11-22-16)12-5-4-6-13(17)9-12/h2-11H,1H3/b18-16?,20-10-. The van der Waals surface area contributed by atoms with Gasteiger partial charge in [0.15, 0.2) is 0 Å². The van der Waals surface area contributed by atoms with Crippen LogP contribution in [0.3, 0.4) is 0 Å². The van der Waals surface area contributed by atoms with Crippen LogP contribution in [0.25, 0.3) is 11.3 Å². The first-order valence-electron chi connectivity index (χ1n) is 6.62. The summed E-state index contributed by atoms with van der Waals surface area (Å²) in [6, 6.07) is 13.9. The lowest BCUT2D eigenvalue weighted by atomic mass is 10.2. The van der Waals surface area contributed by atoms with Crippen molar-refractivity contribution < 1.29 is 0 Å². The molecule has 0 atom stereocenters. The molecule has 0 N–H and O–H groups in total. The van der Waals surface area contributed by atoms with Gasteiger partial charge in [0.25, 0.3) is 0 Å². The Morgan fingerprint density at radius 3 is 2.86 bits per heavy atom. The minimum absolute atomic E-state index is 0.809. The molecule has 0 aliphatic heterocycles. The third kappa shape index (κ3) is 3.23. The number of pyridine rings is 1. The maximum atomic E-state index is 4.54. The van der Waals surface area contributed by atoms with Crippen LogP contribution in [0, 0.1) is 0 Å². The van der Waals surface area contributed by atoms with Crippen molar-refractivity contribution in [3.8, 4) is 11.3 Å². The van der Waals surface area contributed by atoms with Crippen molar-refractivity contribution >= 4 is 33.5 Å². The molecule has 0 amide bonds. The zero-order valence-electron chi connectivity index (χ0n) is 11.8. The Labute approximate surface area is 140 Å². The summed E-state index contributed by atoms with van der Waals surface area (Å²) in [7, 11) is 1.77. The highest BCUT2D eigenvalue weighted by Crippen LogP contribution is 2.23. The van der Waals surface area contributed by atoms with E-state index in [0.717, 1.165) is 26.2 Å². The molecule has 0 spiro atoms. The smallest absolute Gasteiger partial charge is 0.205 e. The summed E-state index contributed by atoms with van der Waals surface area (Å²) in [5.74, 6) is 0. The SMILES string of the molecule is CN=c1scc(-c2cccc(Br)c2)n1/N=C\c1ccccn1. The quantitative estimate of drug-likeness (QED) is 0.645. The van der Waals surface area contributed by atoms with E-state index < -0.39 is 0 Å². The lowest BCUT2D eigenvalue weighted by molar-refractivity contribution is 0.847. The van der Waals surface area contributed by atoms with E-state index in [-0.39, 0.29) is 0 Å². The fraction of sp³-hybridized carbons (Fsp3) is 0.0625. The monoisotopic (exact) mass is 372 g/mol. The van der Waals surface area contributed by atoms with Crippen molar-refractivity contribution in [2.24, 2.45) is 10.1 Å². The van der Waals surface area contributed by atoms with E-state index in [0.29, 0.717) is 0 Å². The summed E-state index contributed by atoms with van der Waals surface area (Å²) in [5.41, 5.74) is 2.89. The zero-order valence-corrected chi connectivity index (χ0v) is 14.3. The second kappa shape index (κ2) is 6.81. The maximum absolute atomic E-state index is 4.54. The number of benzene rings is 1. The van der Waals surface area contributed by atoms with Gasteiger partial charge in [-0.3, -0.25) is 9.98 Å². The van der Waals surface area contributed by atoms with E-state index in [1.165, 1.54) is 0 Å². The van der Waals surface area contributed by atoms with E-state index in [9.17, 15) is 0 Å². The third-order valence-corrected chi connectivity index (χ3v) is 4.39. The summed E-state index contributed by atoms with van der Waals surface area (Å²) in [4.78, 5) is 9.38.